The van der Waals surface area contributed by atoms with Gasteiger partial charge in [-0.1, -0.05) is 111 Å². The van der Waals surface area contributed by atoms with E-state index in [1.54, 1.807) is 0 Å². The Morgan fingerprint density at radius 3 is 1.90 bits per heavy atom. The Hall–Kier alpha value is -3.38. The maximum absolute atomic E-state index is 2.42. The van der Waals surface area contributed by atoms with Crippen LogP contribution in [0.1, 0.15) is 58.4 Å². The molecule has 4 aromatic carbocycles. The smallest absolute Gasteiger partial charge is 0.0619 e. The van der Waals surface area contributed by atoms with Gasteiger partial charge in [-0.3, -0.25) is 0 Å². The third-order valence-corrected chi connectivity index (χ3v) is 7.25. The fourth-order valence-corrected chi connectivity index (χ4v) is 5.75. The molecule has 1 spiro atoms. The van der Waals surface area contributed by atoms with E-state index < -0.39 is 0 Å². The zero-order valence-electron chi connectivity index (χ0n) is 18.2. The van der Waals surface area contributed by atoms with Gasteiger partial charge in [-0.15, -0.1) is 0 Å². The highest BCUT2D eigenvalue weighted by molar-refractivity contribution is 5.91. The second kappa shape index (κ2) is 6.82. The molecule has 0 heterocycles. The number of rotatable bonds is 2. The van der Waals surface area contributed by atoms with E-state index in [-0.39, 0.29) is 5.41 Å². The van der Waals surface area contributed by atoms with Crippen LogP contribution in [-0.4, -0.2) is 0 Å². The molecule has 0 aromatic heterocycles. The number of aryl methyl sites for hydroxylation is 2. The highest BCUT2D eigenvalue weighted by atomic mass is 14.5. The Kier molecular flexibility index (Phi) is 4.05. The molecule has 0 nitrogen and oxygen atoms in total. The van der Waals surface area contributed by atoms with Crippen LogP contribution in [0.5, 0.6) is 0 Å². The van der Waals surface area contributed by atoms with Crippen molar-refractivity contribution in [3.8, 4) is 11.1 Å². The van der Waals surface area contributed by atoms with Crippen molar-refractivity contribution in [2.24, 2.45) is 0 Å². The molecule has 2 aliphatic carbocycles. The van der Waals surface area contributed by atoms with Crippen LogP contribution in [0, 0.1) is 0 Å². The summed E-state index contributed by atoms with van der Waals surface area (Å²) in [7, 11) is 0. The summed E-state index contributed by atoms with van der Waals surface area (Å²) in [4.78, 5) is 0. The maximum Gasteiger partial charge on any atom is 0.0725 e. The summed E-state index contributed by atoms with van der Waals surface area (Å²) in [5.74, 6) is 0. The van der Waals surface area contributed by atoms with Gasteiger partial charge in [0.2, 0.25) is 0 Å². The van der Waals surface area contributed by atoms with Gasteiger partial charge in [-0.2, -0.15) is 0 Å². The molecule has 2 aliphatic rings. The van der Waals surface area contributed by atoms with Gasteiger partial charge in [-0.05, 0) is 68.5 Å². The highest BCUT2D eigenvalue weighted by Crippen LogP contribution is 2.58. The van der Waals surface area contributed by atoms with Crippen molar-refractivity contribution in [1.29, 1.82) is 0 Å². The van der Waals surface area contributed by atoms with Crippen LogP contribution in [0.15, 0.2) is 84.9 Å². The molecular formula is C31H26. The Morgan fingerprint density at radius 2 is 1.10 bits per heavy atom. The third-order valence-electron chi connectivity index (χ3n) is 7.25. The van der Waals surface area contributed by atoms with Crippen molar-refractivity contribution >= 4 is 12.2 Å². The monoisotopic (exact) mass is 398 g/mol. The molecule has 6 rings (SSSR count). The van der Waals surface area contributed by atoms with E-state index in [9.17, 15) is 0 Å². The minimum Gasteiger partial charge on any atom is -0.0619 e. The van der Waals surface area contributed by atoms with Gasteiger partial charge in [0.25, 0.3) is 0 Å². The van der Waals surface area contributed by atoms with Crippen LogP contribution in [0.4, 0.5) is 0 Å². The van der Waals surface area contributed by atoms with Crippen molar-refractivity contribution in [2.75, 3.05) is 0 Å². The van der Waals surface area contributed by atoms with Crippen LogP contribution in [0.25, 0.3) is 23.3 Å². The molecule has 31 heavy (non-hydrogen) atoms. The predicted octanol–water partition coefficient (Wildman–Crippen LogP) is 7.66. The van der Waals surface area contributed by atoms with Crippen molar-refractivity contribution < 1.29 is 0 Å². The first-order valence-electron chi connectivity index (χ1n) is 11.4. The normalized spacial score (nSPS) is 17.6. The summed E-state index contributed by atoms with van der Waals surface area (Å²) in [6.45, 7) is 4.48. The molecule has 1 unspecified atom stereocenters. The second-order valence-electron chi connectivity index (χ2n) is 8.72. The van der Waals surface area contributed by atoms with Gasteiger partial charge >= 0.3 is 0 Å². The minimum absolute atomic E-state index is 0.292. The van der Waals surface area contributed by atoms with Gasteiger partial charge in [0.05, 0.1) is 5.41 Å². The number of benzene rings is 4. The molecule has 0 fully saturated rings. The lowest BCUT2D eigenvalue weighted by Crippen LogP contribution is -2.30. The molecule has 0 saturated heterocycles. The Morgan fingerprint density at radius 1 is 0.516 bits per heavy atom. The number of hydrogen-bond donors (Lipinski definition) is 0. The molecule has 1 atom stereocenters. The van der Waals surface area contributed by atoms with Crippen molar-refractivity contribution in [2.45, 2.75) is 32.1 Å². The second-order valence-corrected chi connectivity index (χ2v) is 8.72. The fourth-order valence-electron chi connectivity index (χ4n) is 5.75. The van der Waals surface area contributed by atoms with E-state index in [0.29, 0.717) is 0 Å². The van der Waals surface area contributed by atoms with E-state index in [1.165, 1.54) is 55.6 Å². The molecule has 150 valence electrons. The van der Waals surface area contributed by atoms with E-state index in [1.807, 2.05) is 0 Å². The number of hydrogen-bond acceptors (Lipinski definition) is 0. The van der Waals surface area contributed by atoms with Crippen LogP contribution in [-0.2, 0) is 18.3 Å². The first kappa shape index (κ1) is 18.4. The third kappa shape index (κ3) is 2.42. The lowest BCUT2D eigenvalue weighted by molar-refractivity contribution is 0.765. The van der Waals surface area contributed by atoms with Crippen LogP contribution < -0.4 is 0 Å². The topological polar surface area (TPSA) is 0 Å². The summed E-state index contributed by atoms with van der Waals surface area (Å²) < 4.78 is 0. The first-order valence-corrected chi connectivity index (χ1v) is 11.4. The first-order chi connectivity index (χ1) is 15.3. The summed E-state index contributed by atoms with van der Waals surface area (Å²) >= 11 is 0. The average Bonchev–Trinajstić information content (AvgIpc) is 3.03. The Balaban J connectivity index is 1.82. The average molecular weight is 399 g/mol. The Bertz CT molecular complexity index is 1350. The molecule has 0 N–H and O–H groups in total. The molecule has 0 radical (unpaired) electrons. The van der Waals surface area contributed by atoms with Crippen molar-refractivity contribution in [1.82, 2.24) is 0 Å². The Labute approximate surface area is 184 Å². The lowest BCUT2D eigenvalue weighted by Gasteiger charge is -2.35. The maximum atomic E-state index is 2.42. The molecule has 0 amide bonds. The van der Waals surface area contributed by atoms with Gasteiger partial charge in [0, 0.05) is 0 Å². The summed E-state index contributed by atoms with van der Waals surface area (Å²) in [6, 6.07) is 32.2. The number of fused-ring (bicyclic) bond motifs is 9. The molecule has 0 saturated carbocycles. The zero-order valence-corrected chi connectivity index (χ0v) is 18.2. The summed E-state index contributed by atoms with van der Waals surface area (Å²) in [5.41, 5.74) is 13.5. The van der Waals surface area contributed by atoms with Crippen LogP contribution in [0.2, 0.25) is 0 Å². The van der Waals surface area contributed by atoms with Gasteiger partial charge in [-0.25, -0.2) is 0 Å². The zero-order chi connectivity index (χ0) is 21.0. The van der Waals surface area contributed by atoms with Crippen molar-refractivity contribution in [3.05, 3.63) is 129 Å². The van der Waals surface area contributed by atoms with E-state index in [4.69, 9.17) is 0 Å². The lowest BCUT2D eigenvalue weighted by atomic mass is 9.66. The molecule has 0 bridgehead atoms. The van der Waals surface area contributed by atoms with Crippen LogP contribution >= 0.6 is 0 Å². The standard InChI is InChI=1S/C31H26/c1-3-21-13-17-28-24(19-21)16-15-23-9-5-7-11-27(23)31(28)29-12-8-6-10-25(29)26-20-22(4-2)14-18-30(26)31/h5-20H,3-4H2,1-2H3. The van der Waals surface area contributed by atoms with E-state index in [0.717, 1.165) is 12.8 Å². The molecule has 0 heteroatoms. The van der Waals surface area contributed by atoms with E-state index >= 15 is 0 Å². The van der Waals surface area contributed by atoms with Gasteiger partial charge in [0.15, 0.2) is 0 Å². The quantitative estimate of drug-likeness (QED) is 0.281. The van der Waals surface area contributed by atoms with Crippen molar-refractivity contribution in [3.63, 3.8) is 0 Å². The van der Waals surface area contributed by atoms with Crippen LogP contribution in [0.3, 0.4) is 0 Å². The molecule has 0 aliphatic heterocycles. The van der Waals surface area contributed by atoms with E-state index in [2.05, 4.69) is 111 Å². The van der Waals surface area contributed by atoms with Gasteiger partial charge in [0.1, 0.15) is 0 Å². The largest absolute Gasteiger partial charge is 0.0725 e. The summed E-state index contributed by atoms with van der Waals surface area (Å²) in [5, 5.41) is 0. The summed E-state index contributed by atoms with van der Waals surface area (Å²) in [6.07, 6.45) is 6.73. The highest BCUT2D eigenvalue weighted by Gasteiger charge is 2.48. The predicted molar refractivity (Wildman–Crippen MR) is 131 cm³/mol. The SMILES string of the molecule is CCc1ccc2c(c1)C=Cc1ccccc1C21c2ccccc2-c2cc(CC)ccc21. The fraction of sp³-hybridized carbons (Fsp3) is 0.161. The molecule has 4 aromatic rings. The van der Waals surface area contributed by atoms with Gasteiger partial charge < -0.3 is 0 Å². The molecular weight excluding hydrogens is 372 g/mol. The minimum atomic E-state index is -0.292.